The molecule has 3 aromatic rings. The van der Waals surface area contributed by atoms with E-state index in [-0.39, 0.29) is 17.6 Å². The summed E-state index contributed by atoms with van der Waals surface area (Å²) in [5.41, 5.74) is 2.38. The lowest BCUT2D eigenvalue weighted by Crippen LogP contribution is -2.42. The quantitative estimate of drug-likeness (QED) is 0.657. The second-order valence-corrected chi connectivity index (χ2v) is 9.45. The van der Waals surface area contributed by atoms with Crippen molar-refractivity contribution in [2.45, 2.75) is 26.3 Å². The summed E-state index contributed by atoms with van der Waals surface area (Å²) in [6.07, 6.45) is 8.34. The molecule has 0 bridgehead atoms. The molecule has 4 rings (SSSR count). The molecule has 3 aromatic heterocycles. The second-order valence-electron chi connectivity index (χ2n) is 7.19. The predicted octanol–water partition coefficient (Wildman–Crippen LogP) is 1.58. The van der Waals surface area contributed by atoms with Gasteiger partial charge in [0, 0.05) is 37.6 Å². The molecule has 0 aromatic carbocycles. The molecule has 0 radical (unpaired) electrons. The SMILES string of the molecule is CCS(=O)(=O)N1CCC(C(=O)Nc2cnn(Cc3cn4ccccc4n3)c2)CC1. The molecule has 1 aliphatic rings. The summed E-state index contributed by atoms with van der Waals surface area (Å²) in [6.45, 7) is 2.92. The predicted molar refractivity (Wildman–Crippen MR) is 109 cm³/mol. The van der Waals surface area contributed by atoms with Crippen molar-refractivity contribution in [3.8, 4) is 0 Å². The van der Waals surface area contributed by atoms with Crippen LogP contribution < -0.4 is 5.32 Å². The lowest BCUT2D eigenvalue weighted by atomic mass is 9.97. The van der Waals surface area contributed by atoms with Gasteiger partial charge in [-0.05, 0) is 31.9 Å². The molecule has 9 nitrogen and oxygen atoms in total. The van der Waals surface area contributed by atoms with E-state index in [2.05, 4.69) is 15.4 Å². The molecule has 0 atom stereocenters. The van der Waals surface area contributed by atoms with Crippen LogP contribution in [0.5, 0.6) is 0 Å². The maximum atomic E-state index is 12.5. The molecule has 29 heavy (non-hydrogen) atoms. The van der Waals surface area contributed by atoms with Gasteiger partial charge in [-0.3, -0.25) is 9.48 Å². The smallest absolute Gasteiger partial charge is 0.227 e. The molecule has 0 aliphatic carbocycles. The number of carbonyl (C=O) groups excluding carboxylic acids is 1. The lowest BCUT2D eigenvalue weighted by Gasteiger charge is -2.30. The van der Waals surface area contributed by atoms with Crippen LogP contribution in [0.2, 0.25) is 0 Å². The molecule has 1 fully saturated rings. The summed E-state index contributed by atoms with van der Waals surface area (Å²) in [7, 11) is -3.18. The highest BCUT2D eigenvalue weighted by atomic mass is 32.2. The van der Waals surface area contributed by atoms with Crippen LogP contribution in [-0.4, -0.2) is 56.6 Å². The summed E-state index contributed by atoms with van der Waals surface area (Å²) in [5, 5.41) is 7.20. The Hall–Kier alpha value is -2.72. The first kappa shape index (κ1) is 19.6. The highest BCUT2D eigenvalue weighted by Crippen LogP contribution is 2.21. The maximum absolute atomic E-state index is 12.5. The Labute approximate surface area is 169 Å². The fraction of sp³-hybridized carbons (Fsp3) is 0.421. The zero-order valence-corrected chi connectivity index (χ0v) is 17.0. The van der Waals surface area contributed by atoms with E-state index in [0.717, 1.165) is 11.3 Å². The summed E-state index contributed by atoms with van der Waals surface area (Å²) >= 11 is 0. The van der Waals surface area contributed by atoms with Crippen molar-refractivity contribution in [1.29, 1.82) is 0 Å². The standard InChI is InChI=1S/C19H24N6O3S/c1-2-29(27,28)25-9-6-15(7-10-25)19(26)22-16-11-20-24(13-16)14-17-12-23-8-4-3-5-18(23)21-17/h3-5,8,11-13,15H,2,6-7,9-10,14H2,1H3,(H,22,26). The number of piperidine rings is 1. The maximum Gasteiger partial charge on any atom is 0.227 e. The molecule has 1 N–H and O–H groups in total. The first-order valence-corrected chi connectivity index (χ1v) is 11.3. The van der Waals surface area contributed by atoms with E-state index >= 15 is 0 Å². The zero-order chi connectivity index (χ0) is 20.4. The Balaban J connectivity index is 1.34. The van der Waals surface area contributed by atoms with E-state index in [4.69, 9.17) is 0 Å². The minimum atomic E-state index is -3.18. The van der Waals surface area contributed by atoms with Crippen molar-refractivity contribution < 1.29 is 13.2 Å². The molecule has 0 saturated carbocycles. The van der Waals surface area contributed by atoms with Crippen LogP contribution >= 0.6 is 0 Å². The summed E-state index contributed by atoms with van der Waals surface area (Å²) < 4.78 is 29.0. The molecular formula is C19H24N6O3S. The molecule has 154 valence electrons. The van der Waals surface area contributed by atoms with Gasteiger partial charge in [-0.1, -0.05) is 6.07 Å². The van der Waals surface area contributed by atoms with E-state index in [1.54, 1.807) is 24.0 Å². The van der Waals surface area contributed by atoms with Crippen LogP contribution in [0.1, 0.15) is 25.5 Å². The highest BCUT2D eigenvalue weighted by Gasteiger charge is 2.30. The number of sulfonamides is 1. The summed E-state index contributed by atoms with van der Waals surface area (Å²) in [6, 6.07) is 5.83. The van der Waals surface area contributed by atoms with Gasteiger partial charge in [0.05, 0.1) is 29.9 Å². The zero-order valence-electron chi connectivity index (χ0n) is 16.2. The minimum absolute atomic E-state index is 0.0918. The van der Waals surface area contributed by atoms with E-state index in [1.807, 2.05) is 35.0 Å². The molecule has 1 saturated heterocycles. The van der Waals surface area contributed by atoms with Gasteiger partial charge in [0.15, 0.2) is 0 Å². The molecule has 1 amide bonds. The van der Waals surface area contributed by atoms with Gasteiger partial charge in [0.1, 0.15) is 5.65 Å². The van der Waals surface area contributed by atoms with Crippen LogP contribution in [0.4, 0.5) is 5.69 Å². The van der Waals surface area contributed by atoms with Gasteiger partial charge in [0.2, 0.25) is 15.9 Å². The Kier molecular flexibility index (Phi) is 5.37. The van der Waals surface area contributed by atoms with E-state index in [9.17, 15) is 13.2 Å². The third-order valence-corrected chi connectivity index (χ3v) is 7.10. The Morgan fingerprint density at radius 2 is 2.03 bits per heavy atom. The molecule has 0 spiro atoms. The number of hydrogen-bond donors (Lipinski definition) is 1. The first-order valence-electron chi connectivity index (χ1n) is 9.68. The van der Waals surface area contributed by atoms with Gasteiger partial charge in [0.25, 0.3) is 0 Å². The normalized spacial score (nSPS) is 16.3. The van der Waals surface area contributed by atoms with Crippen LogP contribution in [0.3, 0.4) is 0 Å². The Bertz CT molecular complexity index is 1080. The molecule has 10 heteroatoms. The third kappa shape index (κ3) is 4.33. The van der Waals surface area contributed by atoms with Crippen molar-refractivity contribution in [1.82, 2.24) is 23.5 Å². The number of aromatic nitrogens is 4. The van der Waals surface area contributed by atoms with E-state index < -0.39 is 10.0 Å². The minimum Gasteiger partial charge on any atom is -0.323 e. The largest absolute Gasteiger partial charge is 0.323 e. The molecule has 1 aliphatic heterocycles. The monoisotopic (exact) mass is 416 g/mol. The van der Waals surface area contributed by atoms with Crippen molar-refractivity contribution in [2.75, 3.05) is 24.2 Å². The van der Waals surface area contributed by atoms with Crippen molar-refractivity contribution in [2.24, 2.45) is 5.92 Å². The van der Waals surface area contributed by atoms with Crippen LogP contribution in [0, 0.1) is 5.92 Å². The summed E-state index contributed by atoms with van der Waals surface area (Å²) in [5.74, 6) is -0.194. The Morgan fingerprint density at radius 1 is 1.24 bits per heavy atom. The van der Waals surface area contributed by atoms with Crippen molar-refractivity contribution in [3.05, 3.63) is 48.7 Å². The average Bonchev–Trinajstić information content (AvgIpc) is 3.34. The van der Waals surface area contributed by atoms with Crippen LogP contribution in [0.25, 0.3) is 5.65 Å². The highest BCUT2D eigenvalue weighted by molar-refractivity contribution is 7.89. The van der Waals surface area contributed by atoms with Crippen molar-refractivity contribution in [3.63, 3.8) is 0 Å². The number of rotatable bonds is 6. The Morgan fingerprint density at radius 3 is 2.76 bits per heavy atom. The van der Waals surface area contributed by atoms with Crippen LogP contribution in [-0.2, 0) is 21.4 Å². The van der Waals surface area contributed by atoms with Gasteiger partial charge in [-0.15, -0.1) is 0 Å². The number of nitrogens with one attached hydrogen (secondary N) is 1. The van der Waals surface area contributed by atoms with E-state index in [0.29, 0.717) is 38.2 Å². The number of hydrogen-bond acceptors (Lipinski definition) is 5. The van der Waals surface area contributed by atoms with Crippen molar-refractivity contribution >= 4 is 27.3 Å². The number of fused-ring (bicyclic) bond motifs is 1. The molecule has 4 heterocycles. The third-order valence-electron chi connectivity index (χ3n) is 5.22. The van der Waals surface area contributed by atoms with E-state index in [1.165, 1.54) is 4.31 Å². The topological polar surface area (TPSA) is 102 Å². The average molecular weight is 417 g/mol. The molecular weight excluding hydrogens is 392 g/mol. The number of nitrogens with zero attached hydrogens (tertiary/aromatic N) is 5. The van der Waals surface area contributed by atoms with Crippen LogP contribution in [0.15, 0.2) is 43.0 Å². The fourth-order valence-electron chi connectivity index (χ4n) is 3.57. The van der Waals surface area contributed by atoms with Gasteiger partial charge >= 0.3 is 0 Å². The van der Waals surface area contributed by atoms with Gasteiger partial charge < -0.3 is 9.72 Å². The number of anilines is 1. The van der Waals surface area contributed by atoms with Gasteiger partial charge in [-0.25, -0.2) is 17.7 Å². The molecule has 0 unspecified atom stereocenters. The lowest BCUT2D eigenvalue weighted by molar-refractivity contribution is -0.120. The fourth-order valence-corrected chi connectivity index (χ4v) is 4.70. The first-order chi connectivity index (χ1) is 13.9. The second kappa shape index (κ2) is 7.96. The number of carbonyl (C=O) groups is 1. The number of amides is 1. The summed E-state index contributed by atoms with van der Waals surface area (Å²) in [4.78, 5) is 17.1. The number of pyridine rings is 1. The van der Waals surface area contributed by atoms with Gasteiger partial charge in [-0.2, -0.15) is 5.10 Å². The number of imidazole rings is 1.